The molecule has 1 amide bonds. The molecule has 1 aliphatic rings. The molecule has 0 aliphatic carbocycles. The Morgan fingerprint density at radius 1 is 1.52 bits per heavy atom. The van der Waals surface area contributed by atoms with Gasteiger partial charge in [-0.3, -0.25) is 4.79 Å². The molecule has 1 atom stereocenters. The summed E-state index contributed by atoms with van der Waals surface area (Å²) in [6.45, 7) is 3.53. The van der Waals surface area contributed by atoms with Gasteiger partial charge in [-0.2, -0.15) is 0 Å². The van der Waals surface area contributed by atoms with Crippen LogP contribution in [0.25, 0.3) is 0 Å². The van der Waals surface area contributed by atoms with Gasteiger partial charge in [-0.05, 0) is 36.6 Å². The molecule has 21 heavy (non-hydrogen) atoms. The van der Waals surface area contributed by atoms with Crippen molar-refractivity contribution in [3.05, 3.63) is 52.0 Å². The number of aryl methyl sites for hydroxylation is 2. The monoisotopic (exact) mass is 347 g/mol. The molecular weight excluding hydrogens is 330 g/mol. The lowest BCUT2D eigenvalue weighted by Gasteiger charge is -2.22. The van der Waals surface area contributed by atoms with Crippen LogP contribution in [0.1, 0.15) is 23.4 Å². The minimum Gasteiger partial charge on any atom is -0.352 e. The van der Waals surface area contributed by atoms with Gasteiger partial charge in [0.15, 0.2) is 0 Å². The zero-order valence-electron chi connectivity index (χ0n) is 12.0. The second kappa shape index (κ2) is 6.02. The molecule has 1 N–H and O–H groups in total. The highest BCUT2D eigenvalue weighted by molar-refractivity contribution is 9.10. The van der Waals surface area contributed by atoms with Crippen molar-refractivity contribution in [3.8, 4) is 0 Å². The number of hydrogen-bond donors (Lipinski definition) is 1. The zero-order chi connectivity index (χ0) is 14.8. The summed E-state index contributed by atoms with van der Waals surface area (Å²) < 4.78 is 3.19. The Balaban J connectivity index is 1.60. The Morgan fingerprint density at radius 2 is 2.38 bits per heavy atom. The van der Waals surface area contributed by atoms with E-state index in [2.05, 4.69) is 43.8 Å². The van der Waals surface area contributed by atoms with Crippen molar-refractivity contribution < 1.29 is 4.79 Å². The summed E-state index contributed by atoms with van der Waals surface area (Å²) in [6.07, 6.45) is 5.40. The Hall–Kier alpha value is -1.62. The third-order valence-corrected chi connectivity index (χ3v) is 4.57. The quantitative estimate of drug-likeness (QED) is 0.927. The molecule has 1 aromatic carbocycles. The second-order valence-corrected chi connectivity index (χ2v) is 6.43. The lowest BCUT2D eigenvalue weighted by atomic mass is 9.96. The smallest absolute Gasteiger partial charge is 0.223 e. The fourth-order valence-corrected chi connectivity index (χ4v) is 3.23. The maximum absolute atomic E-state index is 12.3. The highest BCUT2D eigenvalue weighted by atomic mass is 79.9. The van der Waals surface area contributed by atoms with E-state index in [0.29, 0.717) is 6.54 Å². The summed E-state index contributed by atoms with van der Waals surface area (Å²) in [6, 6.07) is 6.12. The standard InChI is InChI=1S/C16H18BrN3O/c1-11-8-14(17)3-2-13(11)10-19-16(21)12-4-6-20-7-5-18-15(20)9-12/h2-3,5,7-8,12H,4,6,9-10H2,1H3,(H,19,21)/t12-/m1/s1. The molecule has 0 saturated heterocycles. The third kappa shape index (κ3) is 3.18. The van der Waals surface area contributed by atoms with Crippen molar-refractivity contribution in [2.24, 2.45) is 5.92 Å². The summed E-state index contributed by atoms with van der Waals surface area (Å²) in [5, 5.41) is 3.06. The average Bonchev–Trinajstić information content (AvgIpc) is 2.93. The molecule has 4 nitrogen and oxygen atoms in total. The van der Waals surface area contributed by atoms with Gasteiger partial charge in [0.2, 0.25) is 5.91 Å². The Kier molecular flexibility index (Phi) is 4.10. The minimum atomic E-state index is 0.0376. The molecule has 0 spiro atoms. The van der Waals surface area contributed by atoms with Crippen LogP contribution in [0, 0.1) is 12.8 Å². The van der Waals surface area contributed by atoms with Crippen molar-refractivity contribution in [1.82, 2.24) is 14.9 Å². The normalized spacial score (nSPS) is 17.3. The van der Waals surface area contributed by atoms with Gasteiger partial charge >= 0.3 is 0 Å². The highest BCUT2D eigenvalue weighted by Gasteiger charge is 2.25. The lowest BCUT2D eigenvalue weighted by Crippen LogP contribution is -2.35. The van der Waals surface area contributed by atoms with Gasteiger partial charge in [0, 0.05) is 42.3 Å². The number of aromatic nitrogens is 2. The van der Waals surface area contributed by atoms with E-state index < -0.39 is 0 Å². The Bertz CT molecular complexity index is 665. The SMILES string of the molecule is Cc1cc(Br)ccc1CNC(=O)[C@@H]1CCn2ccnc2C1. The van der Waals surface area contributed by atoms with Gasteiger partial charge in [-0.25, -0.2) is 4.98 Å². The average molecular weight is 348 g/mol. The number of rotatable bonds is 3. The topological polar surface area (TPSA) is 46.9 Å². The molecule has 0 saturated carbocycles. The third-order valence-electron chi connectivity index (χ3n) is 4.08. The molecule has 3 rings (SSSR count). The number of nitrogens with zero attached hydrogens (tertiary/aromatic N) is 2. The van der Waals surface area contributed by atoms with Crippen molar-refractivity contribution in [2.75, 3.05) is 0 Å². The number of imidazole rings is 1. The molecule has 0 radical (unpaired) electrons. The van der Waals surface area contributed by atoms with E-state index in [1.165, 1.54) is 5.56 Å². The van der Waals surface area contributed by atoms with Crippen molar-refractivity contribution in [1.29, 1.82) is 0 Å². The van der Waals surface area contributed by atoms with Crippen LogP contribution < -0.4 is 5.32 Å². The van der Waals surface area contributed by atoms with Crippen LogP contribution in [0.4, 0.5) is 0 Å². The first-order valence-corrected chi connectivity index (χ1v) is 7.95. The Labute approximate surface area is 132 Å². The van der Waals surface area contributed by atoms with Gasteiger partial charge in [0.25, 0.3) is 0 Å². The maximum atomic E-state index is 12.3. The van der Waals surface area contributed by atoms with Gasteiger partial charge in [-0.1, -0.05) is 22.0 Å². The van der Waals surface area contributed by atoms with E-state index in [1.54, 1.807) is 6.20 Å². The summed E-state index contributed by atoms with van der Waals surface area (Å²) in [5.74, 6) is 1.18. The molecule has 0 unspecified atom stereocenters. The van der Waals surface area contributed by atoms with Crippen molar-refractivity contribution in [2.45, 2.75) is 32.9 Å². The van der Waals surface area contributed by atoms with Crippen LogP contribution in [-0.4, -0.2) is 15.5 Å². The number of carbonyl (C=O) groups is 1. The molecule has 0 fully saturated rings. The van der Waals surface area contributed by atoms with E-state index in [0.717, 1.165) is 35.2 Å². The summed E-state index contributed by atoms with van der Waals surface area (Å²) in [7, 11) is 0. The minimum absolute atomic E-state index is 0.0376. The number of carbonyl (C=O) groups excluding carboxylic acids is 1. The van der Waals surface area contributed by atoms with Crippen molar-refractivity contribution in [3.63, 3.8) is 0 Å². The molecule has 1 aliphatic heterocycles. The van der Waals surface area contributed by atoms with Crippen LogP contribution in [0.2, 0.25) is 0 Å². The largest absolute Gasteiger partial charge is 0.352 e. The van der Waals surface area contributed by atoms with Crippen LogP contribution in [0.15, 0.2) is 35.1 Å². The van der Waals surface area contributed by atoms with Crippen LogP contribution in [0.5, 0.6) is 0 Å². The number of halogens is 1. The van der Waals surface area contributed by atoms with E-state index in [-0.39, 0.29) is 11.8 Å². The number of fused-ring (bicyclic) bond motifs is 1. The zero-order valence-corrected chi connectivity index (χ0v) is 13.6. The fraction of sp³-hybridized carbons (Fsp3) is 0.375. The van der Waals surface area contributed by atoms with Crippen LogP contribution >= 0.6 is 15.9 Å². The molecule has 2 heterocycles. The second-order valence-electron chi connectivity index (χ2n) is 5.52. The summed E-state index contributed by atoms with van der Waals surface area (Å²) in [5.41, 5.74) is 2.34. The first-order chi connectivity index (χ1) is 10.1. The number of benzene rings is 1. The predicted molar refractivity (Wildman–Crippen MR) is 84.8 cm³/mol. The number of nitrogens with one attached hydrogen (secondary N) is 1. The first-order valence-electron chi connectivity index (χ1n) is 7.16. The molecule has 5 heteroatoms. The van der Waals surface area contributed by atoms with E-state index >= 15 is 0 Å². The molecular formula is C16H18BrN3O. The van der Waals surface area contributed by atoms with Gasteiger partial charge in [0.05, 0.1) is 0 Å². The van der Waals surface area contributed by atoms with Crippen molar-refractivity contribution >= 4 is 21.8 Å². The number of amides is 1. The van der Waals surface area contributed by atoms with E-state index in [1.807, 2.05) is 18.3 Å². The Morgan fingerprint density at radius 3 is 3.19 bits per heavy atom. The summed E-state index contributed by atoms with van der Waals surface area (Å²) >= 11 is 3.45. The lowest BCUT2D eigenvalue weighted by molar-refractivity contribution is -0.125. The maximum Gasteiger partial charge on any atom is 0.223 e. The molecule has 1 aromatic heterocycles. The molecule has 2 aromatic rings. The van der Waals surface area contributed by atoms with E-state index in [9.17, 15) is 4.79 Å². The number of hydrogen-bond acceptors (Lipinski definition) is 2. The fourth-order valence-electron chi connectivity index (χ4n) is 2.76. The predicted octanol–water partition coefficient (Wildman–Crippen LogP) is 2.83. The molecule has 0 bridgehead atoms. The highest BCUT2D eigenvalue weighted by Crippen LogP contribution is 2.20. The van der Waals surface area contributed by atoms with E-state index in [4.69, 9.17) is 0 Å². The van der Waals surface area contributed by atoms with Gasteiger partial charge in [0.1, 0.15) is 5.82 Å². The first kappa shape index (κ1) is 14.3. The summed E-state index contributed by atoms with van der Waals surface area (Å²) in [4.78, 5) is 16.6. The van der Waals surface area contributed by atoms with Gasteiger partial charge < -0.3 is 9.88 Å². The van der Waals surface area contributed by atoms with Crippen LogP contribution in [0.3, 0.4) is 0 Å². The molecule has 110 valence electrons. The van der Waals surface area contributed by atoms with Crippen LogP contribution in [-0.2, 0) is 24.3 Å². The van der Waals surface area contributed by atoms with Gasteiger partial charge in [-0.15, -0.1) is 0 Å².